The van der Waals surface area contributed by atoms with Gasteiger partial charge in [0.25, 0.3) is 0 Å². The molecule has 0 atom stereocenters. The number of H-pyrrole nitrogens is 1. The normalized spacial score (nSPS) is 27.9. The molecule has 3 N–H and O–H groups in total. The maximum atomic E-state index is 12.9. The number of nitrogens with zero attached hydrogens (tertiary/aromatic N) is 5. The molecule has 2 aromatic rings. The van der Waals surface area contributed by atoms with Gasteiger partial charge in [0.15, 0.2) is 5.82 Å². The van der Waals surface area contributed by atoms with E-state index in [0.29, 0.717) is 36.3 Å². The van der Waals surface area contributed by atoms with Crippen LogP contribution in [0.3, 0.4) is 0 Å². The Labute approximate surface area is 197 Å². The Hall–Kier alpha value is -2.12. The van der Waals surface area contributed by atoms with Crippen molar-refractivity contribution in [3.05, 3.63) is 22.5 Å². The predicted molar refractivity (Wildman–Crippen MR) is 113 cm³/mol. The van der Waals surface area contributed by atoms with Crippen LogP contribution in [0.25, 0.3) is 0 Å². The summed E-state index contributed by atoms with van der Waals surface area (Å²) >= 11 is 0.821. The van der Waals surface area contributed by atoms with Crippen LogP contribution in [0, 0.1) is 11.3 Å². The number of aromatic amines is 1. The highest BCUT2D eigenvalue weighted by molar-refractivity contribution is 7.05. The third kappa shape index (κ3) is 4.01. The fraction of sp³-hybridized carbons (Fsp3) is 0.762. The van der Waals surface area contributed by atoms with E-state index in [4.69, 9.17) is 0 Å². The summed E-state index contributed by atoms with van der Waals surface area (Å²) in [6, 6.07) is 0.140. The molecule has 2 aromatic heterocycles. The van der Waals surface area contributed by atoms with Crippen LogP contribution in [0.4, 0.5) is 18.0 Å². The lowest BCUT2D eigenvalue weighted by Crippen LogP contribution is -3.17. The number of halogens is 3. The van der Waals surface area contributed by atoms with Crippen LogP contribution >= 0.6 is 11.5 Å². The van der Waals surface area contributed by atoms with E-state index in [9.17, 15) is 23.1 Å². The van der Waals surface area contributed by atoms with E-state index in [0.717, 1.165) is 73.9 Å². The van der Waals surface area contributed by atoms with Crippen molar-refractivity contribution in [2.75, 3.05) is 26.2 Å². The molecule has 2 aliphatic heterocycles. The van der Waals surface area contributed by atoms with Gasteiger partial charge in [0.1, 0.15) is 16.4 Å². The van der Waals surface area contributed by atoms with E-state index in [1.54, 1.807) is 0 Å². The number of alkyl halides is 3. The lowest BCUT2D eigenvalue weighted by molar-refractivity contribution is -0.827. The van der Waals surface area contributed by atoms with Crippen LogP contribution in [-0.4, -0.2) is 66.8 Å². The third-order valence-corrected chi connectivity index (χ3v) is 8.66. The summed E-state index contributed by atoms with van der Waals surface area (Å²) in [5, 5.41) is 17.7. The predicted octanol–water partition coefficient (Wildman–Crippen LogP) is 1.49. The molecule has 2 aliphatic carbocycles. The first-order valence-electron chi connectivity index (χ1n) is 11.8. The zero-order valence-corrected chi connectivity index (χ0v) is 19.4. The van der Waals surface area contributed by atoms with E-state index in [-0.39, 0.29) is 17.4 Å². The van der Waals surface area contributed by atoms with Crippen LogP contribution in [0.2, 0.25) is 0 Å². The van der Waals surface area contributed by atoms with Gasteiger partial charge in [-0.2, -0.15) is 22.6 Å². The zero-order chi connectivity index (χ0) is 23.7. The minimum absolute atomic E-state index is 0.140. The number of carbonyl (C=O) groups is 1. The first kappa shape index (κ1) is 22.4. The second-order valence-corrected chi connectivity index (χ2v) is 11.4. The smallest absolute Gasteiger partial charge is 0.382 e. The Morgan fingerprint density at radius 3 is 2.53 bits per heavy atom. The number of aliphatic hydroxyl groups is 1. The van der Waals surface area contributed by atoms with Crippen molar-refractivity contribution < 1.29 is 28.0 Å². The van der Waals surface area contributed by atoms with Crippen molar-refractivity contribution >= 4 is 17.6 Å². The van der Waals surface area contributed by atoms with Crippen molar-refractivity contribution in [1.29, 1.82) is 0 Å². The highest BCUT2D eigenvalue weighted by Crippen LogP contribution is 2.55. The van der Waals surface area contributed by atoms with Gasteiger partial charge >= 0.3 is 12.2 Å². The van der Waals surface area contributed by atoms with E-state index >= 15 is 0 Å². The van der Waals surface area contributed by atoms with E-state index in [1.165, 1.54) is 0 Å². The Morgan fingerprint density at radius 1 is 1.21 bits per heavy atom. The van der Waals surface area contributed by atoms with Gasteiger partial charge in [0.2, 0.25) is 5.82 Å². The van der Waals surface area contributed by atoms with Gasteiger partial charge in [-0.15, -0.1) is 0 Å². The molecule has 0 radical (unpaired) electrons. The van der Waals surface area contributed by atoms with E-state index < -0.39 is 17.6 Å². The van der Waals surface area contributed by atoms with E-state index in [1.807, 2.05) is 4.90 Å². The average Bonchev–Trinajstić information content (AvgIpc) is 3.14. The summed E-state index contributed by atoms with van der Waals surface area (Å²) in [6.45, 7) is 2.94. The molecule has 4 aliphatic rings. The second kappa shape index (κ2) is 7.69. The molecule has 4 heterocycles. The topological polar surface area (TPSA) is 112 Å². The number of aromatic nitrogens is 5. The molecule has 0 aromatic carbocycles. The van der Waals surface area contributed by atoms with Crippen molar-refractivity contribution in [2.24, 2.45) is 11.3 Å². The molecule has 6 rings (SSSR count). The standard InChI is InChI=1S/C21H26F3N7O2S/c22-21(23,24)17-25-14(34-29-17)7-12-1-5-30(6-2-12)18(32)31-10-19(11-31)8-13(9-19)15-26-16(28-27-15)20(33)3-4-20/h12-13,33H,1-11H2,(H,26,27,28)/p+1. The number of nitrogens with one attached hydrogen (secondary N) is 2. The number of rotatable bonds is 4. The molecule has 4 fully saturated rings. The Kier molecular flexibility index (Phi) is 5.05. The third-order valence-electron chi connectivity index (χ3n) is 7.92. The van der Waals surface area contributed by atoms with Crippen LogP contribution < -0.4 is 4.90 Å². The molecular weight excluding hydrogens is 471 g/mol. The number of amides is 2. The van der Waals surface area contributed by atoms with Crippen molar-refractivity contribution in [3.8, 4) is 0 Å². The summed E-state index contributed by atoms with van der Waals surface area (Å²) < 4.78 is 41.5. The average molecular weight is 499 g/mol. The summed E-state index contributed by atoms with van der Waals surface area (Å²) in [5.74, 6) is 0.840. The van der Waals surface area contributed by atoms with Crippen molar-refractivity contribution in [1.82, 2.24) is 29.4 Å². The molecule has 34 heavy (non-hydrogen) atoms. The molecular formula is C21H27F3N7O2S+. The highest BCUT2D eigenvalue weighted by Gasteiger charge is 2.57. The first-order chi connectivity index (χ1) is 16.1. The monoisotopic (exact) mass is 498 g/mol. The molecule has 184 valence electrons. The number of quaternary nitrogens is 1. The summed E-state index contributed by atoms with van der Waals surface area (Å²) in [5.41, 5.74) is -0.648. The lowest BCUT2D eigenvalue weighted by Gasteiger charge is -2.58. The van der Waals surface area contributed by atoms with Gasteiger partial charge in [0, 0.05) is 43.7 Å². The Bertz CT molecular complexity index is 1080. The largest absolute Gasteiger partial charge is 0.452 e. The molecule has 9 nitrogen and oxygen atoms in total. The van der Waals surface area contributed by atoms with E-state index in [2.05, 4.69) is 24.5 Å². The highest BCUT2D eigenvalue weighted by atomic mass is 32.1. The maximum absolute atomic E-state index is 12.9. The van der Waals surface area contributed by atoms with Gasteiger partial charge < -0.3 is 5.11 Å². The molecule has 1 spiro atoms. The molecule has 2 saturated heterocycles. The maximum Gasteiger partial charge on any atom is 0.452 e. The minimum Gasteiger partial charge on any atom is -0.382 e. The molecule has 13 heteroatoms. The summed E-state index contributed by atoms with van der Waals surface area (Å²) in [7, 11) is 0. The fourth-order valence-electron chi connectivity index (χ4n) is 5.72. The number of likely N-dealkylation sites (tertiary alicyclic amines) is 2. The molecule has 0 unspecified atom stereocenters. The van der Waals surface area contributed by atoms with Gasteiger partial charge in [-0.1, -0.05) is 0 Å². The van der Waals surface area contributed by atoms with Crippen LogP contribution in [0.1, 0.15) is 66.9 Å². The SMILES string of the molecule is O=C(N1CC2(CC(c3nc(C4(O)CC4)n[nH]3)C2)C1)[NH+]1CCC(Cc2nc(C(F)(F)F)ns2)CC1. The molecule has 2 amide bonds. The second-order valence-electron chi connectivity index (χ2n) is 10.6. The van der Waals surface area contributed by atoms with Gasteiger partial charge in [-0.25, -0.2) is 14.8 Å². The number of hydrogen-bond donors (Lipinski definition) is 3. The number of urea groups is 1. The Morgan fingerprint density at radius 2 is 1.91 bits per heavy atom. The lowest BCUT2D eigenvalue weighted by atomic mass is 9.57. The molecule has 0 bridgehead atoms. The fourth-order valence-corrected chi connectivity index (χ4v) is 6.49. The number of carbonyl (C=O) groups excluding carboxylic acids is 1. The molecule has 2 saturated carbocycles. The van der Waals surface area contributed by atoms with Gasteiger partial charge in [0.05, 0.1) is 13.1 Å². The van der Waals surface area contributed by atoms with Crippen molar-refractivity contribution in [2.45, 2.75) is 62.6 Å². The summed E-state index contributed by atoms with van der Waals surface area (Å²) in [6.07, 6.45) is 0.969. The number of hydrogen-bond acceptors (Lipinski definition) is 7. The van der Waals surface area contributed by atoms with Gasteiger partial charge in [-0.3, -0.25) is 14.9 Å². The first-order valence-corrected chi connectivity index (χ1v) is 12.6. The Balaban J connectivity index is 0.945. The number of piperidine rings is 1. The van der Waals surface area contributed by atoms with Crippen molar-refractivity contribution in [3.63, 3.8) is 0 Å². The van der Waals surface area contributed by atoms with Crippen LogP contribution in [0.15, 0.2) is 0 Å². The van der Waals surface area contributed by atoms with Crippen LogP contribution in [0.5, 0.6) is 0 Å². The van der Waals surface area contributed by atoms with Crippen LogP contribution in [-0.2, 0) is 18.2 Å². The quantitative estimate of drug-likeness (QED) is 0.589. The minimum atomic E-state index is -4.50. The zero-order valence-electron chi connectivity index (χ0n) is 18.6. The van der Waals surface area contributed by atoms with Gasteiger partial charge in [-0.05, 0) is 43.1 Å². The summed E-state index contributed by atoms with van der Waals surface area (Å²) in [4.78, 5) is 24.0.